The molecule has 0 fully saturated rings. The van der Waals surface area contributed by atoms with Gasteiger partial charge in [0.1, 0.15) is 5.75 Å². The fraction of sp³-hybridized carbons (Fsp3) is 0.278. The van der Waals surface area contributed by atoms with Gasteiger partial charge in [0, 0.05) is 12.1 Å². The Balaban J connectivity index is 1.94. The zero-order valence-electron chi connectivity index (χ0n) is 14.2. The summed E-state index contributed by atoms with van der Waals surface area (Å²) < 4.78 is 39.9. The summed E-state index contributed by atoms with van der Waals surface area (Å²) in [7, 11) is 2.92. The van der Waals surface area contributed by atoms with Crippen LogP contribution in [-0.4, -0.2) is 33.3 Å². The van der Waals surface area contributed by atoms with Gasteiger partial charge < -0.3 is 19.5 Å². The molecule has 0 aromatic heterocycles. The zero-order chi connectivity index (χ0) is 19.1. The topological polar surface area (TPSA) is 56.8 Å². The van der Waals surface area contributed by atoms with Crippen molar-refractivity contribution in [3.8, 4) is 17.2 Å². The summed E-state index contributed by atoms with van der Waals surface area (Å²) in [6.07, 6.45) is 0.508. The van der Waals surface area contributed by atoms with Gasteiger partial charge in [-0.2, -0.15) is 8.78 Å². The van der Waals surface area contributed by atoms with E-state index in [0.717, 1.165) is 5.56 Å². The number of hydrogen-bond donors (Lipinski definition) is 1. The summed E-state index contributed by atoms with van der Waals surface area (Å²) in [5.74, 6) is 0.601. The Bertz CT molecular complexity index is 771. The normalized spacial score (nSPS) is 10.5. The van der Waals surface area contributed by atoms with Crippen LogP contribution < -0.4 is 19.5 Å². The van der Waals surface area contributed by atoms with E-state index in [4.69, 9.17) is 9.47 Å². The summed E-state index contributed by atoms with van der Waals surface area (Å²) in [5, 5.41) is 2.80. The molecule has 0 saturated carbocycles. The highest BCUT2D eigenvalue weighted by molar-refractivity contribution is 9.10. The minimum Gasteiger partial charge on any atom is -0.496 e. The number of hydrogen-bond acceptors (Lipinski definition) is 4. The number of carbonyl (C=O) groups is 1. The van der Waals surface area contributed by atoms with Gasteiger partial charge in [0.15, 0.2) is 11.5 Å². The first-order chi connectivity index (χ1) is 12.4. The highest BCUT2D eigenvalue weighted by Gasteiger charge is 2.12. The highest BCUT2D eigenvalue weighted by atomic mass is 79.9. The van der Waals surface area contributed by atoms with Crippen LogP contribution in [-0.2, 0) is 6.42 Å². The van der Waals surface area contributed by atoms with Crippen molar-refractivity contribution in [3.05, 3.63) is 52.0 Å². The van der Waals surface area contributed by atoms with Crippen LogP contribution in [0.2, 0.25) is 0 Å². The van der Waals surface area contributed by atoms with Crippen LogP contribution in [0, 0.1) is 0 Å². The molecule has 0 aliphatic heterocycles. The van der Waals surface area contributed by atoms with Crippen LogP contribution in [0.5, 0.6) is 17.2 Å². The summed E-state index contributed by atoms with van der Waals surface area (Å²) in [6, 6.07) is 9.71. The Morgan fingerprint density at radius 2 is 1.77 bits per heavy atom. The number of ether oxygens (including phenoxy) is 3. The first-order valence-electron chi connectivity index (χ1n) is 7.68. The van der Waals surface area contributed by atoms with Gasteiger partial charge in [0.2, 0.25) is 0 Å². The first kappa shape index (κ1) is 20.0. The molecule has 2 aromatic carbocycles. The minimum atomic E-state index is -2.92. The number of rotatable bonds is 8. The predicted octanol–water partition coefficient (Wildman–Crippen LogP) is 4.04. The lowest BCUT2D eigenvalue weighted by Crippen LogP contribution is -2.25. The predicted molar refractivity (Wildman–Crippen MR) is 96.4 cm³/mol. The molecule has 26 heavy (non-hydrogen) atoms. The molecule has 2 rings (SSSR count). The number of benzene rings is 2. The molecule has 0 spiro atoms. The Hall–Kier alpha value is -2.35. The lowest BCUT2D eigenvalue weighted by molar-refractivity contribution is -0.0512. The maximum atomic E-state index is 12.3. The van der Waals surface area contributed by atoms with Crippen LogP contribution in [0.4, 0.5) is 8.78 Å². The number of carbonyl (C=O) groups excluding carboxylic acids is 1. The molecule has 0 aliphatic carbocycles. The van der Waals surface area contributed by atoms with Crippen molar-refractivity contribution >= 4 is 21.8 Å². The van der Waals surface area contributed by atoms with Crippen molar-refractivity contribution in [1.29, 1.82) is 0 Å². The molecule has 2 aromatic rings. The van der Waals surface area contributed by atoms with Gasteiger partial charge in [-0.1, -0.05) is 6.07 Å². The third-order valence-electron chi connectivity index (χ3n) is 3.56. The molecule has 1 N–H and O–H groups in total. The molecule has 0 aliphatic rings. The van der Waals surface area contributed by atoms with E-state index in [-0.39, 0.29) is 17.4 Å². The van der Waals surface area contributed by atoms with Crippen molar-refractivity contribution in [1.82, 2.24) is 5.32 Å². The molecule has 0 radical (unpaired) electrons. The second-order valence-corrected chi connectivity index (χ2v) is 6.07. The van der Waals surface area contributed by atoms with Gasteiger partial charge in [0.25, 0.3) is 5.91 Å². The van der Waals surface area contributed by atoms with E-state index in [9.17, 15) is 13.6 Å². The van der Waals surface area contributed by atoms with Gasteiger partial charge in [-0.25, -0.2) is 0 Å². The molecular formula is C18H18BrF2NO4. The van der Waals surface area contributed by atoms with Crippen molar-refractivity contribution in [2.45, 2.75) is 13.0 Å². The molecule has 8 heteroatoms. The molecule has 0 unspecified atom stereocenters. The second-order valence-electron chi connectivity index (χ2n) is 5.22. The van der Waals surface area contributed by atoms with Crippen LogP contribution in [0.3, 0.4) is 0 Å². The Morgan fingerprint density at radius 3 is 2.38 bits per heavy atom. The van der Waals surface area contributed by atoms with Crippen molar-refractivity contribution in [2.24, 2.45) is 0 Å². The third kappa shape index (κ3) is 5.32. The van der Waals surface area contributed by atoms with Crippen molar-refractivity contribution in [3.63, 3.8) is 0 Å². The summed E-state index contributed by atoms with van der Waals surface area (Å²) >= 11 is 3.34. The van der Waals surface area contributed by atoms with E-state index in [1.165, 1.54) is 13.2 Å². The van der Waals surface area contributed by atoms with E-state index >= 15 is 0 Å². The van der Waals surface area contributed by atoms with Gasteiger partial charge in [-0.15, -0.1) is 0 Å². The molecule has 5 nitrogen and oxygen atoms in total. The minimum absolute atomic E-state index is 0.0293. The Morgan fingerprint density at radius 1 is 1.08 bits per heavy atom. The standard InChI is InChI=1S/C18H18BrF2NO4/c1-24-14-6-4-12(10-13(14)19)17(23)22-8-7-11-3-5-15(26-18(20)21)16(9-11)25-2/h3-6,9-10,18H,7-8H2,1-2H3,(H,22,23). The maximum absolute atomic E-state index is 12.3. The number of methoxy groups -OCH3 is 2. The smallest absolute Gasteiger partial charge is 0.387 e. The number of alkyl halides is 2. The zero-order valence-corrected chi connectivity index (χ0v) is 15.8. The largest absolute Gasteiger partial charge is 0.496 e. The fourth-order valence-corrected chi connectivity index (χ4v) is 2.83. The Kier molecular flexibility index (Phi) is 7.20. The molecular weight excluding hydrogens is 412 g/mol. The lowest BCUT2D eigenvalue weighted by atomic mass is 10.1. The second kappa shape index (κ2) is 9.38. The molecule has 0 atom stereocenters. The molecule has 0 heterocycles. The number of amides is 1. The van der Waals surface area contributed by atoms with Gasteiger partial charge in [0.05, 0.1) is 18.7 Å². The van der Waals surface area contributed by atoms with Crippen molar-refractivity contribution < 1.29 is 27.8 Å². The molecule has 0 saturated heterocycles. The van der Waals surface area contributed by atoms with Crippen LogP contribution in [0.15, 0.2) is 40.9 Å². The van der Waals surface area contributed by atoms with Crippen molar-refractivity contribution in [2.75, 3.05) is 20.8 Å². The number of nitrogens with one attached hydrogen (secondary N) is 1. The quantitative estimate of drug-likeness (QED) is 0.687. The summed E-state index contributed by atoms with van der Waals surface area (Å²) in [6.45, 7) is -2.54. The summed E-state index contributed by atoms with van der Waals surface area (Å²) in [5.41, 5.74) is 1.32. The van der Waals surface area contributed by atoms with Crippen LogP contribution in [0.25, 0.3) is 0 Å². The van der Waals surface area contributed by atoms with E-state index in [2.05, 4.69) is 26.0 Å². The number of halogens is 3. The molecule has 0 bridgehead atoms. The van der Waals surface area contributed by atoms with Crippen LogP contribution in [0.1, 0.15) is 15.9 Å². The monoisotopic (exact) mass is 429 g/mol. The van der Waals surface area contributed by atoms with E-state index in [1.807, 2.05) is 0 Å². The van der Waals surface area contributed by atoms with Crippen LogP contribution >= 0.6 is 15.9 Å². The molecule has 1 amide bonds. The van der Waals surface area contributed by atoms with Gasteiger partial charge >= 0.3 is 6.61 Å². The lowest BCUT2D eigenvalue weighted by Gasteiger charge is -2.12. The van der Waals surface area contributed by atoms with E-state index in [0.29, 0.717) is 28.8 Å². The van der Waals surface area contributed by atoms with E-state index in [1.54, 1.807) is 37.4 Å². The maximum Gasteiger partial charge on any atom is 0.387 e. The Labute approximate surface area is 158 Å². The van der Waals surface area contributed by atoms with Gasteiger partial charge in [-0.3, -0.25) is 4.79 Å². The third-order valence-corrected chi connectivity index (χ3v) is 4.18. The average Bonchev–Trinajstić information content (AvgIpc) is 2.62. The van der Waals surface area contributed by atoms with E-state index < -0.39 is 6.61 Å². The first-order valence-corrected chi connectivity index (χ1v) is 8.47. The van der Waals surface area contributed by atoms with Gasteiger partial charge in [-0.05, 0) is 58.2 Å². The molecule has 140 valence electrons. The SMILES string of the molecule is COc1ccc(C(=O)NCCc2ccc(OC(F)F)c(OC)c2)cc1Br. The summed E-state index contributed by atoms with van der Waals surface area (Å²) in [4.78, 5) is 12.2. The fourth-order valence-electron chi connectivity index (χ4n) is 2.29. The highest BCUT2D eigenvalue weighted by Crippen LogP contribution is 2.29. The average molecular weight is 430 g/mol.